The summed E-state index contributed by atoms with van der Waals surface area (Å²) in [6.45, 7) is 5.74. The Bertz CT molecular complexity index is 1480. The van der Waals surface area contributed by atoms with Gasteiger partial charge in [0.1, 0.15) is 4.88 Å². The molecular formula is C28H32ClN9O2S. The first kappa shape index (κ1) is 28.7. The third-order valence-electron chi connectivity index (χ3n) is 6.75. The molecule has 13 heteroatoms. The van der Waals surface area contributed by atoms with E-state index >= 15 is 0 Å². The number of anilines is 5. The minimum atomic E-state index is -0.300. The smallest absolute Gasteiger partial charge is 0.267 e. The zero-order chi connectivity index (χ0) is 28.9. The summed E-state index contributed by atoms with van der Waals surface area (Å²) in [5.41, 5.74) is 3.38. The number of β-amino-alcohol motifs (C(OH)–C–C–N with tert-alkyl or cyclic N) is 1. The number of aromatic nitrogens is 4. The average molecular weight is 594 g/mol. The molecule has 2 aromatic carbocycles. The Kier molecular flexibility index (Phi) is 8.93. The molecule has 0 aliphatic carbocycles. The van der Waals surface area contributed by atoms with Crippen molar-refractivity contribution in [2.45, 2.75) is 6.92 Å². The highest BCUT2D eigenvalue weighted by molar-refractivity contribution is 7.17. The number of amides is 1. The SMILES string of the molecule is Cc1cccc(Cl)c1NC(=O)c1cnc(Nc2nc(-c3ccc(N(C)C)cc3)nc(N3CCN(CCO)CC3)n2)s1. The van der Waals surface area contributed by atoms with E-state index in [2.05, 4.69) is 30.4 Å². The number of rotatable bonds is 9. The number of nitrogens with zero attached hydrogens (tertiary/aromatic N) is 7. The Hall–Kier alpha value is -3.84. The second-order valence-corrected chi connectivity index (χ2v) is 11.3. The highest BCUT2D eigenvalue weighted by atomic mass is 35.5. The van der Waals surface area contributed by atoms with E-state index in [9.17, 15) is 9.90 Å². The van der Waals surface area contributed by atoms with Gasteiger partial charge in [-0.25, -0.2) is 4.98 Å². The molecule has 0 unspecified atom stereocenters. The molecule has 4 aromatic rings. The summed E-state index contributed by atoms with van der Waals surface area (Å²) in [4.78, 5) is 38.3. The van der Waals surface area contributed by atoms with Gasteiger partial charge in [-0.05, 0) is 42.8 Å². The number of thiazole rings is 1. The molecule has 3 heterocycles. The molecule has 214 valence electrons. The zero-order valence-electron chi connectivity index (χ0n) is 23.1. The number of aliphatic hydroxyl groups is 1. The van der Waals surface area contributed by atoms with Crippen molar-refractivity contribution in [1.29, 1.82) is 0 Å². The molecule has 1 fully saturated rings. The van der Waals surface area contributed by atoms with Gasteiger partial charge in [0, 0.05) is 58.1 Å². The van der Waals surface area contributed by atoms with E-state index in [1.54, 1.807) is 6.07 Å². The quantitative estimate of drug-likeness (QED) is 0.261. The maximum absolute atomic E-state index is 12.9. The van der Waals surface area contributed by atoms with Gasteiger partial charge in [0.2, 0.25) is 11.9 Å². The van der Waals surface area contributed by atoms with Gasteiger partial charge in [0.15, 0.2) is 11.0 Å². The predicted molar refractivity (Wildman–Crippen MR) is 165 cm³/mol. The number of hydrogen-bond donors (Lipinski definition) is 3. The summed E-state index contributed by atoms with van der Waals surface area (Å²) >= 11 is 7.48. The van der Waals surface area contributed by atoms with Gasteiger partial charge in [-0.3, -0.25) is 15.0 Å². The van der Waals surface area contributed by atoms with Crippen LogP contribution in [0.15, 0.2) is 48.7 Å². The fraction of sp³-hybridized carbons (Fsp3) is 0.321. The standard InChI is InChI=1S/C28H32ClN9O2S/c1-18-5-4-6-21(29)23(18)31-25(40)22-17-30-28(41-22)35-26-32-24(19-7-9-20(10-8-19)36(2)3)33-27(34-26)38-13-11-37(12-14-38)15-16-39/h4-10,17,39H,11-16H2,1-3H3,(H,31,40)(H,30,32,33,34,35). The third kappa shape index (κ3) is 6.91. The number of benzene rings is 2. The summed E-state index contributed by atoms with van der Waals surface area (Å²) in [7, 11) is 3.99. The van der Waals surface area contributed by atoms with Crippen LogP contribution in [0.2, 0.25) is 5.02 Å². The Morgan fingerprint density at radius 1 is 1.07 bits per heavy atom. The molecule has 0 spiro atoms. The van der Waals surface area contributed by atoms with Crippen LogP contribution in [0, 0.1) is 6.92 Å². The van der Waals surface area contributed by atoms with Crippen molar-refractivity contribution in [2.24, 2.45) is 0 Å². The number of carbonyl (C=O) groups is 1. The molecule has 1 aliphatic rings. The number of hydrogen-bond acceptors (Lipinski definition) is 11. The molecule has 41 heavy (non-hydrogen) atoms. The van der Waals surface area contributed by atoms with Crippen molar-refractivity contribution >= 4 is 57.2 Å². The molecule has 5 rings (SSSR count). The summed E-state index contributed by atoms with van der Waals surface area (Å²) in [6.07, 6.45) is 1.51. The predicted octanol–water partition coefficient (Wildman–Crippen LogP) is 4.13. The largest absolute Gasteiger partial charge is 0.395 e. The van der Waals surface area contributed by atoms with Crippen LogP contribution in [-0.4, -0.2) is 89.3 Å². The van der Waals surface area contributed by atoms with Gasteiger partial charge < -0.3 is 20.2 Å². The molecule has 1 amide bonds. The van der Waals surface area contributed by atoms with E-state index in [1.807, 2.05) is 62.3 Å². The van der Waals surface area contributed by atoms with Crippen LogP contribution in [0.4, 0.5) is 28.4 Å². The average Bonchev–Trinajstić information content (AvgIpc) is 3.44. The van der Waals surface area contributed by atoms with Gasteiger partial charge >= 0.3 is 0 Å². The lowest BCUT2D eigenvalue weighted by atomic mass is 10.2. The normalized spacial score (nSPS) is 13.7. The molecule has 3 N–H and O–H groups in total. The Labute approximate surface area is 247 Å². The fourth-order valence-corrected chi connectivity index (χ4v) is 5.38. The minimum Gasteiger partial charge on any atom is -0.395 e. The molecule has 11 nitrogen and oxygen atoms in total. The number of aliphatic hydroxyl groups excluding tert-OH is 1. The molecular weight excluding hydrogens is 562 g/mol. The molecule has 1 saturated heterocycles. The number of nitrogens with one attached hydrogen (secondary N) is 2. The van der Waals surface area contributed by atoms with Crippen LogP contribution in [0.5, 0.6) is 0 Å². The second-order valence-electron chi connectivity index (χ2n) is 9.82. The molecule has 2 aromatic heterocycles. The molecule has 0 radical (unpaired) electrons. The third-order valence-corrected chi connectivity index (χ3v) is 7.97. The van der Waals surface area contributed by atoms with Crippen LogP contribution in [0.1, 0.15) is 15.2 Å². The number of piperazine rings is 1. The van der Waals surface area contributed by atoms with Gasteiger partial charge in [-0.1, -0.05) is 35.1 Å². The van der Waals surface area contributed by atoms with E-state index in [4.69, 9.17) is 21.6 Å². The van der Waals surface area contributed by atoms with Crippen molar-refractivity contribution in [3.8, 4) is 11.4 Å². The van der Waals surface area contributed by atoms with E-state index < -0.39 is 0 Å². The summed E-state index contributed by atoms with van der Waals surface area (Å²) in [6, 6.07) is 13.5. The Morgan fingerprint density at radius 3 is 2.51 bits per heavy atom. The molecule has 1 aliphatic heterocycles. The van der Waals surface area contributed by atoms with Gasteiger partial charge in [0.25, 0.3) is 5.91 Å². The van der Waals surface area contributed by atoms with Crippen molar-refractivity contribution in [3.63, 3.8) is 0 Å². The van der Waals surface area contributed by atoms with Crippen molar-refractivity contribution in [3.05, 3.63) is 64.1 Å². The topological polar surface area (TPSA) is 123 Å². The van der Waals surface area contributed by atoms with Crippen molar-refractivity contribution in [1.82, 2.24) is 24.8 Å². The van der Waals surface area contributed by atoms with Gasteiger partial charge in [0.05, 0.1) is 23.5 Å². The molecule has 0 atom stereocenters. The molecule has 0 bridgehead atoms. The first-order valence-electron chi connectivity index (χ1n) is 13.2. The van der Waals surface area contributed by atoms with Crippen molar-refractivity contribution < 1.29 is 9.90 Å². The van der Waals surface area contributed by atoms with Crippen LogP contribution in [0.25, 0.3) is 11.4 Å². The van der Waals surface area contributed by atoms with Gasteiger partial charge in [-0.15, -0.1) is 0 Å². The highest BCUT2D eigenvalue weighted by Crippen LogP contribution is 2.29. The summed E-state index contributed by atoms with van der Waals surface area (Å²) in [5, 5.41) is 16.3. The van der Waals surface area contributed by atoms with Crippen LogP contribution >= 0.6 is 22.9 Å². The first-order chi connectivity index (χ1) is 19.8. The highest BCUT2D eigenvalue weighted by Gasteiger charge is 2.21. The van der Waals surface area contributed by atoms with E-state index in [0.29, 0.717) is 45.0 Å². The number of halogens is 1. The monoisotopic (exact) mass is 593 g/mol. The fourth-order valence-electron chi connectivity index (χ4n) is 4.41. The van der Waals surface area contributed by atoms with Crippen LogP contribution < -0.4 is 20.4 Å². The minimum absolute atomic E-state index is 0.138. The number of carbonyl (C=O) groups excluding carboxylic acids is 1. The lowest BCUT2D eigenvalue weighted by Gasteiger charge is -2.34. The summed E-state index contributed by atoms with van der Waals surface area (Å²) in [5.74, 6) is 1.12. The lowest BCUT2D eigenvalue weighted by molar-refractivity contribution is 0.103. The zero-order valence-corrected chi connectivity index (χ0v) is 24.7. The van der Waals surface area contributed by atoms with E-state index in [1.165, 1.54) is 17.5 Å². The van der Waals surface area contributed by atoms with E-state index in [-0.39, 0.29) is 12.5 Å². The van der Waals surface area contributed by atoms with Gasteiger partial charge in [-0.2, -0.15) is 15.0 Å². The Balaban J connectivity index is 1.39. The van der Waals surface area contributed by atoms with Crippen LogP contribution in [-0.2, 0) is 0 Å². The Morgan fingerprint density at radius 2 is 1.83 bits per heavy atom. The lowest BCUT2D eigenvalue weighted by Crippen LogP contribution is -2.47. The number of para-hydroxylation sites is 1. The van der Waals surface area contributed by atoms with E-state index in [0.717, 1.165) is 43.0 Å². The molecule has 0 saturated carbocycles. The number of aryl methyl sites for hydroxylation is 1. The summed E-state index contributed by atoms with van der Waals surface area (Å²) < 4.78 is 0. The van der Waals surface area contributed by atoms with Crippen molar-refractivity contribution in [2.75, 3.05) is 73.9 Å². The maximum Gasteiger partial charge on any atom is 0.267 e. The maximum atomic E-state index is 12.9. The van der Waals surface area contributed by atoms with Crippen LogP contribution in [0.3, 0.4) is 0 Å². The first-order valence-corrected chi connectivity index (χ1v) is 14.4. The second kappa shape index (κ2) is 12.8.